The molecule has 2 saturated heterocycles. The Balaban J connectivity index is 1.57. The molecule has 0 amide bonds. The van der Waals surface area contributed by atoms with Gasteiger partial charge in [-0.15, -0.1) is 0 Å². The molecule has 2 rings (SSSR count). The minimum absolute atomic E-state index is 0.0386. The van der Waals surface area contributed by atoms with Crippen LogP contribution in [0.4, 0.5) is 0 Å². The molecular formula is C14H30N4O4. The zero-order valence-electron chi connectivity index (χ0n) is 13.2. The van der Waals surface area contributed by atoms with Crippen molar-refractivity contribution in [1.29, 1.82) is 0 Å². The van der Waals surface area contributed by atoms with Crippen molar-refractivity contribution in [3.05, 3.63) is 0 Å². The fourth-order valence-corrected chi connectivity index (χ4v) is 2.42. The van der Waals surface area contributed by atoms with E-state index in [1.807, 2.05) is 0 Å². The summed E-state index contributed by atoms with van der Waals surface area (Å²) in [6.45, 7) is 5.82. The minimum Gasteiger partial charge on any atom is -0.345 e. The van der Waals surface area contributed by atoms with E-state index in [1.165, 1.54) is 0 Å². The molecule has 0 aliphatic carbocycles. The summed E-state index contributed by atoms with van der Waals surface area (Å²) >= 11 is 0. The lowest BCUT2D eigenvalue weighted by atomic mass is 10.3. The number of nitrogens with one attached hydrogen (secondary N) is 2. The molecular weight excluding hydrogens is 288 g/mol. The van der Waals surface area contributed by atoms with Gasteiger partial charge in [0.1, 0.15) is 0 Å². The van der Waals surface area contributed by atoms with Gasteiger partial charge in [-0.05, 0) is 39.0 Å². The summed E-state index contributed by atoms with van der Waals surface area (Å²) < 4.78 is 22.9. The number of rotatable bonds is 11. The smallest absolute Gasteiger partial charge is 0.209 e. The van der Waals surface area contributed by atoms with Crippen LogP contribution < -0.4 is 22.1 Å². The van der Waals surface area contributed by atoms with Crippen molar-refractivity contribution in [3.8, 4) is 0 Å². The molecule has 0 aromatic rings. The van der Waals surface area contributed by atoms with Gasteiger partial charge >= 0.3 is 0 Å². The predicted octanol–water partition coefficient (Wildman–Crippen LogP) is -1.65. The molecule has 0 aromatic heterocycles. The first-order valence-corrected chi connectivity index (χ1v) is 8.19. The topological polar surface area (TPSA) is 113 Å². The van der Waals surface area contributed by atoms with Gasteiger partial charge in [0.05, 0.1) is 25.4 Å². The maximum absolute atomic E-state index is 5.81. The van der Waals surface area contributed by atoms with Crippen molar-refractivity contribution in [2.45, 2.75) is 37.6 Å². The van der Waals surface area contributed by atoms with Gasteiger partial charge in [0.2, 0.25) is 12.6 Å². The van der Waals surface area contributed by atoms with E-state index in [4.69, 9.17) is 30.4 Å². The Labute approximate surface area is 132 Å². The molecule has 2 aliphatic rings. The summed E-state index contributed by atoms with van der Waals surface area (Å²) in [7, 11) is 0. The summed E-state index contributed by atoms with van der Waals surface area (Å²) in [5, 5.41) is 6.60. The lowest BCUT2D eigenvalue weighted by Gasteiger charge is -2.18. The molecule has 0 saturated carbocycles. The predicted molar refractivity (Wildman–Crippen MR) is 82.3 cm³/mol. The molecule has 0 bridgehead atoms. The SMILES string of the molecule is NCCCNCC1COC(C2OCC(CNCCCN)O2)O1. The Morgan fingerprint density at radius 3 is 1.64 bits per heavy atom. The Bertz CT molecular complexity index is 270. The number of hydrogen-bond donors (Lipinski definition) is 4. The van der Waals surface area contributed by atoms with E-state index < -0.39 is 12.6 Å². The first-order valence-electron chi connectivity index (χ1n) is 8.19. The van der Waals surface area contributed by atoms with E-state index >= 15 is 0 Å². The molecule has 2 aliphatic heterocycles. The van der Waals surface area contributed by atoms with Gasteiger partial charge in [-0.1, -0.05) is 0 Å². The van der Waals surface area contributed by atoms with Crippen molar-refractivity contribution in [1.82, 2.24) is 10.6 Å². The summed E-state index contributed by atoms with van der Waals surface area (Å²) in [5.41, 5.74) is 10.9. The van der Waals surface area contributed by atoms with E-state index in [0.717, 1.165) is 39.0 Å². The second kappa shape index (κ2) is 10.5. The van der Waals surface area contributed by atoms with Crippen LogP contribution in [0.1, 0.15) is 12.8 Å². The van der Waals surface area contributed by atoms with E-state index in [2.05, 4.69) is 10.6 Å². The quantitative estimate of drug-likeness (QED) is 0.335. The average molecular weight is 318 g/mol. The summed E-state index contributed by atoms with van der Waals surface area (Å²) in [5.74, 6) is 0. The van der Waals surface area contributed by atoms with Crippen molar-refractivity contribution in [3.63, 3.8) is 0 Å². The molecule has 0 aromatic carbocycles. The Kier molecular flexibility index (Phi) is 8.56. The van der Waals surface area contributed by atoms with Crippen LogP contribution in [0.15, 0.2) is 0 Å². The second-order valence-electron chi connectivity index (χ2n) is 5.61. The Morgan fingerprint density at radius 1 is 0.773 bits per heavy atom. The molecule has 0 radical (unpaired) electrons. The summed E-state index contributed by atoms with van der Waals surface area (Å²) in [6, 6.07) is 0. The van der Waals surface area contributed by atoms with E-state index in [9.17, 15) is 0 Å². The first kappa shape index (κ1) is 18.0. The molecule has 22 heavy (non-hydrogen) atoms. The van der Waals surface area contributed by atoms with Gasteiger partial charge in [-0.2, -0.15) is 0 Å². The van der Waals surface area contributed by atoms with Crippen LogP contribution in [0.5, 0.6) is 0 Å². The van der Waals surface area contributed by atoms with Crippen molar-refractivity contribution in [2.75, 3.05) is 52.5 Å². The molecule has 4 unspecified atom stereocenters. The maximum Gasteiger partial charge on any atom is 0.209 e. The highest BCUT2D eigenvalue weighted by Crippen LogP contribution is 2.22. The lowest BCUT2D eigenvalue weighted by molar-refractivity contribution is -0.212. The fraction of sp³-hybridized carbons (Fsp3) is 1.00. The van der Waals surface area contributed by atoms with Crippen LogP contribution in [0, 0.1) is 0 Å². The summed E-state index contributed by atoms with van der Waals surface area (Å²) in [6.07, 6.45) is 1.13. The molecule has 8 nitrogen and oxygen atoms in total. The first-order chi connectivity index (χ1) is 10.8. The number of hydrogen-bond acceptors (Lipinski definition) is 8. The summed E-state index contributed by atoms with van der Waals surface area (Å²) in [4.78, 5) is 0. The number of ether oxygens (including phenoxy) is 4. The van der Waals surface area contributed by atoms with Crippen molar-refractivity contribution in [2.24, 2.45) is 11.5 Å². The molecule has 6 N–H and O–H groups in total. The third-order valence-electron chi connectivity index (χ3n) is 3.63. The second-order valence-corrected chi connectivity index (χ2v) is 5.61. The van der Waals surface area contributed by atoms with Crippen molar-refractivity contribution < 1.29 is 18.9 Å². The normalized spacial score (nSPS) is 31.9. The molecule has 2 fully saturated rings. The minimum atomic E-state index is -0.435. The van der Waals surface area contributed by atoms with Crippen LogP contribution in [0.25, 0.3) is 0 Å². The molecule has 8 heteroatoms. The highest BCUT2D eigenvalue weighted by atomic mass is 16.8. The third kappa shape index (κ3) is 6.05. The van der Waals surface area contributed by atoms with Crippen LogP contribution in [-0.4, -0.2) is 77.3 Å². The van der Waals surface area contributed by atoms with Crippen LogP contribution in [0.2, 0.25) is 0 Å². The number of nitrogens with two attached hydrogens (primary N) is 2. The van der Waals surface area contributed by atoms with Crippen LogP contribution in [0.3, 0.4) is 0 Å². The molecule has 2 heterocycles. The molecule has 4 atom stereocenters. The van der Waals surface area contributed by atoms with Gasteiger partial charge in [0, 0.05) is 13.1 Å². The van der Waals surface area contributed by atoms with Gasteiger partial charge in [0.15, 0.2) is 0 Å². The zero-order valence-corrected chi connectivity index (χ0v) is 13.2. The van der Waals surface area contributed by atoms with Gasteiger partial charge in [-0.25, -0.2) is 0 Å². The Hall–Kier alpha value is -0.320. The monoisotopic (exact) mass is 318 g/mol. The Morgan fingerprint density at radius 2 is 1.23 bits per heavy atom. The van der Waals surface area contributed by atoms with Crippen LogP contribution >= 0.6 is 0 Å². The fourth-order valence-electron chi connectivity index (χ4n) is 2.42. The third-order valence-corrected chi connectivity index (χ3v) is 3.63. The van der Waals surface area contributed by atoms with Crippen LogP contribution in [-0.2, 0) is 18.9 Å². The maximum atomic E-state index is 5.81. The molecule has 130 valence electrons. The zero-order chi connectivity index (χ0) is 15.6. The molecule has 0 spiro atoms. The van der Waals surface area contributed by atoms with Gasteiger partial charge in [-0.3, -0.25) is 0 Å². The van der Waals surface area contributed by atoms with Gasteiger partial charge < -0.3 is 41.0 Å². The van der Waals surface area contributed by atoms with Crippen molar-refractivity contribution >= 4 is 0 Å². The van der Waals surface area contributed by atoms with Gasteiger partial charge in [0.25, 0.3) is 0 Å². The standard InChI is InChI=1S/C14H30N4O4/c15-3-1-5-17-7-11-9-19-13(21-11)14-20-10-12(22-14)8-18-6-2-4-16/h11-14,17-18H,1-10,15-16H2. The van der Waals surface area contributed by atoms with E-state index in [0.29, 0.717) is 26.3 Å². The highest BCUT2D eigenvalue weighted by molar-refractivity contribution is 4.75. The van der Waals surface area contributed by atoms with E-state index in [1.54, 1.807) is 0 Å². The average Bonchev–Trinajstić information content (AvgIpc) is 3.17. The highest BCUT2D eigenvalue weighted by Gasteiger charge is 2.39. The largest absolute Gasteiger partial charge is 0.345 e. The van der Waals surface area contributed by atoms with E-state index in [-0.39, 0.29) is 12.2 Å². The lowest BCUT2D eigenvalue weighted by Crippen LogP contribution is -2.34.